The monoisotopic (exact) mass is 169 g/mol. The van der Waals surface area contributed by atoms with Crippen LogP contribution in [0.4, 0.5) is 0 Å². The van der Waals surface area contributed by atoms with Gasteiger partial charge in [-0.2, -0.15) is 0 Å². The van der Waals surface area contributed by atoms with Gasteiger partial charge in [-0.3, -0.25) is 0 Å². The highest BCUT2D eigenvalue weighted by Crippen LogP contribution is 2.17. The highest BCUT2D eigenvalue weighted by molar-refractivity contribution is 5.04. The minimum atomic E-state index is -0.849. The number of hydrogen-bond acceptors (Lipinski definition) is 3. The van der Waals surface area contributed by atoms with Gasteiger partial charge < -0.3 is 5.11 Å². The standard InChI is InChI=1S/C8H15N3O/c1-4-5-11-7(6-9-10-11)8(2,3)12/h6,12H,4-5H2,1-3H3. The van der Waals surface area contributed by atoms with Crippen molar-refractivity contribution in [3.8, 4) is 0 Å². The van der Waals surface area contributed by atoms with Crippen molar-refractivity contribution in [1.29, 1.82) is 0 Å². The summed E-state index contributed by atoms with van der Waals surface area (Å²) in [6.07, 6.45) is 2.60. The van der Waals surface area contributed by atoms with E-state index in [2.05, 4.69) is 17.2 Å². The molecule has 0 saturated carbocycles. The molecule has 4 nitrogen and oxygen atoms in total. The fourth-order valence-corrected chi connectivity index (χ4v) is 1.11. The largest absolute Gasteiger partial charge is 0.384 e. The number of rotatable bonds is 3. The molecule has 1 aromatic heterocycles. The van der Waals surface area contributed by atoms with Gasteiger partial charge >= 0.3 is 0 Å². The van der Waals surface area contributed by atoms with Crippen molar-refractivity contribution >= 4 is 0 Å². The predicted molar refractivity (Wildman–Crippen MR) is 45.6 cm³/mol. The van der Waals surface area contributed by atoms with Gasteiger partial charge in [0.1, 0.15) is 5.60 Å². The Balaban J connectivity index is 2.91. The zero-order valence-electron chi connectivity index (χ0n) is 7.78. The Kier molecular flexibility index (Phi) is 2.47. The summed E-state index contributed by atoms with van der Waals surface area (Å²) < 4.78 is 1.74. The van der Waals surface area contributed by atoms with Crippen molar-refractivity contribution in [2.45, 2.75) is 39.3 Å². The fourth-order valence-electron chi connectivity index (χ4n) is 1.11. The third-order valence-corrected chi connectivity index (χ3v) is 1.68. The Morgan fingerprint density at radius 2 is 2.25 bits per heavy atom. The maximum absolute atomic E-state index is 9.68. The Bertz CT molecular complexity index is 249. The second-order valence-corrected chi connectivity index (χ2v) is 3.40. The SMILES string of the molecule is CCCn1nncc1C(C)(C)O. The summed E-state index contributed by atoms with van der Waals surface area (Å²) in [6, 6.07) is 0. The van der Waals surface area contributed by atoms with E-state index in [1.807, 2.05) is 0 Å². The lowest BCUT2D eigenvalue weighted by molar-refractivity contribution is 0.0682. The van der Waals surface area contributed by atoms with Crippen LogP contribution in [0.25, 0.3) is 0 Å². The van der Waals surface area contributed by atoms with Crippen LogP contribution in [0.2, 0.25) is 0 Å². The molecule has 4 heteroatoms. The van der Waals surface area contributed by atoms with Crippen molar-refractivity contribution in [2.75, 3.05) is 0 Å². The van der Waals surface area contributed by atoms with E-state index in [0.29, 0.717) is 0 Å². The van der Waals surface area contributed by atoms with E-state index in [9.17, 15) is 5.11 Å². The second kappa shape index (κ2) is 3.23. The van der Waals surface area contributed by atoms with Crippen molar-refractivity contribution in [3.05, 3.63) is 11.9 Å². The van der Waals surface area contributed by atoms with E-state index in [-0.39, 0.29) is 0 Å². The molecule has 0 spiro atoms. The summed E-state index contributed by atoms with van der Waals surface area (Å²) in [4.78, 5) is 0. The zero-order valence-corrected chi connectivity index (χ0v) is 7.78. The average Bonchev–Trinajstić information content (AvgIpc) is 2.34. The van der Waals surface area contributed by atoms with Crippen LogP contribution >= 0.6 is 0 Å². The lowest BCUT2D eigenvalue weighted by atomic mass is 10.1. The van der Waals surface area contributed by atoms with Crippen LogP contribution in [0.3, 0.4) is 0 Å². The van der Waals surface area contributed by atoms with E-state index in [1.54, 1.807) is 24.7 Å². The van der Waals surface area contributed by atoms with Crippen LogP contribution in [0.5, 0.6) is 0 Å². The molecule has 0 bridgehead atoms. The summed E-state index contributed by atoms with van der Waals surface area (Å²) in [5.41, 5.74) is -0.0806. The molecule has 0 amide bonds. The molecule has 1 heterocycles. The zero-order chi connectivity index (χ0) is 9.19. The first kappa shape index (κ1) is 9.19. The molecule has 0 radical (unpaired) electrons. The molecule has 0 unspecified atom stereocenters. The van der Waals surface area contributed by atoms with E-state index in [1.165, 1.54) is 0 Å². The van der Waals surface area contributed by atoms with E-state index in [4.69, 9.17) is 0 Å². The van der Waals surface area contributed by atoms with Crippen LogP contribution in [0.15, 0.2) is 6.20 Å². The molecular weight excluding hydrogens is 154 g/mol. The first-order valence-corrected chi connectivity index (χ1v) is 4.17. The molecule has 0 saturated heterocycles. The summed E-state index contributed by atoms with van der Waals surface area (Å²) >= 11 is 0. The van der Waals surface area contributed by atoms with Gasteiger partial charge in [0.15, 0.2) is 0 Å². The Morgan fingerprint density at radius 1 is 1.58 bits per heavy atom. The highest BCUT2D eigenvalue weighted by atomic mass is 16.3. The summed E-state index contributed by atoms with van der Waals surface area (Å²) in [6.45, 7) is 6.34. The Labute approximate surface area is 72.2 Å². The molecule has 0 aliphatic rings. The number of nitrogens with zero attached hydrogens (tertiary/aromatic N) is 3. The number of aliphatic hydroxyl groups is 1. The van der Waals surface area contributed by atoms with Gasteiger partial charge in [-0.1, -0.05) is 12.1 Å². The lowest BCUT2D eigenvalue weighted by Gasteiger charge is -2.17. The molecule has 1 N–H and O–H groups in total. The van der Waals surface area contributed by atoms with Crippen LogP contribution in [0.1, 0.15) is 32.9 Å². The minimum Gasteiger partial charge on any atom is -0.384 e. The van der Waals surface area contributed by atoms with E-state index < -0.39 is 5.60 Å². The van der Waals surface area contributed by atoms with Crippen molar-refractivity contribution in [3.63, 3.8) is 0 Å². The quantitative estimate of drug-likeness (QED) is 0.731. The minimum absolute atomic E-state index is 0.768. The summed E-state index contributed by atoms with van der Waals surface area (Å²) in [5, 5.41) is 17.3. The van der Waals surface area contributed by atoms with Gasteiger partial charge in [0.2, 0.25) is 0 Å². The van der Waals surface area contributed by atoms with Crippen LogP contribution in [-0.2, 0) is 12.1 Å². The maximum Gasteiger partial charge on any atom is 0.102 e. The van der Waals surface area contributed by atoms with Gasteiger partial charge in [-0.25, -0.2) is 4.68 Å². The van der Waals surface area contributed by atoms with Crippen LogP contribution in [-0.4, -0.2) is 20.1 Å². The number of hydrogen-bond donors (Lipinski definition) is 1. The molecule has 68 valence electrons. The first-order chi connectivity index (χ1) is 5.55. The molecule has 1 aromatic rings. The van der Waals surface area contributed by atoms with Gasteiger partial charge in [0.25, 0.3) is 0 Å². The van der Waals surface area contributed by atoms with E-state index >= 15 is 0 Å². The van der Waals surface area contributed by atoms with Crippen molar-refractivity contribution in [1.82, 2.24) is 15.0 Å². The Morgan fingerprint density at radius 3 is 2.75 bits per heavy atom. The molecule has 0 aliphatic heterocycles. The smallest absolute Gasteiger partial charge is 0.102 e. The molecule has 1 rings (SSSR count). The molecule has 12 heavy (non-hydrogen) atoms. The topological polar surface area (TPSA) is 50.9 Å². The number of aryl methyl sites for hydroxylation is 1. The van der Waals surface area contributed by atoms with E-state index in [0.717, 1.165) is 18.7 Å². The molecule has 0 aromatic carbocycles. The van der Waals surface area contributed by atoms with Gasteiger partial charge in [-0.05, 0) is 20.3 Å². The number of aromatic nitrogens is 3. The van der Waals surface area contributed by atoms with Crippen molar-refractivity contribution < 1.29 is 5.11 Å². The summed E-state index contributed by atoms with van der Waals surface area (Å²) in [7, 11) is 0. The van der Waals surface area contributed by atoms with Crippen LogP contribution in [0, 0.1) is 0 Å². The molecule has 0 aliphatic carbocycles. The average molecular weight is 169 g/mol. The van der Waals surface area contributed by atoms with Gasteiger partial charge in [0, 0.05) is 6.54 Å². The molecule has 0 atom stereocenters. The van der Waals surface area contributed by atoms with Gasteiger partial charge in [0.05, 0.1) is 11.9 Å². The summed E-state index contributed by atoms with van der Waals surface area (Å²) in [5.74, 6) is 0. The third-order valence-electron chi connectivity index (χ3n) is 1.68. The Hall–Kier alpha value is -0.900. The third kappa shape index (κ3) is 1.82. The highest BCUT2D eigenvalue weighted by Gasteiger charge is 2.21. The van der Waals surface area contributed by atoms with Crippen LogP contribution < -0.4 is 0 Å². The fraction of sp³-hybridized carbons (Fsp3) is 0.750. The first-order valence-electron chi connectivity index (χ1n) is 4.17. The molecule has 0 fully saturated rings. The maximum atomic E-state index is 9.68. The van der Waals surface area contributed by atoms with Gasteiger partial charge in [-0.15, -0.1) is 5.10 Å². The predicted octanol–water partition coefficient (Wildman–Crippen LogP) is 0.915. The van der Waals surface area contributed by atoms with Crippen molar-refractivity contribution in [2.24, 2.45) is 0 Å². The molecular formula is C8H15N3O. The lowest BCUT2D eigenvalue weighted by Crippen LogP contribution is -2.21. The second-order valence-electron chi connectivity index (χ2n) is 3.40. The normalized spacial score (nSPS) is 12.0.